The molecular formula is C44H87NO6. The van der Waals surface area contributed by atoms with Crippen molar-refractivity contribution in [1.29, 1.82) is 0 Å². The number of nitrogens with zero attached hydrogens (tertiary/aromatic N) is 1. The van der Waals surface area contributed by atoms with E-state index in [9.17, 15) is 14.7 Å². The van der Waals surface area contributed by atoms with Crippen molar-refractivity contribution in [1.82, 2.24) is 4.90 Å². The van der Waals surface area contributed by atoms with Crippen LogP contribution in [0.1, 0.15) is 214 Å². The number of aliphatic hydroxyl groups is 1. The van der Waals surface area contributed by atoms with E-state index in [1.807, 2.05) is 13.8 Å². The molecule has 0 aromatic rings. The molecule has 0 saturated heterocycles. The van der Waals surface area contributed by atoms with Gasteiger partial charge in [0.1, 0.15) is 0 Å². The molecule has 0 rings (SSSR count). The molecule has 0 bridgehead atoms. The topological polar surface area (TPSA) is 85.3 Å². The number of aliphatic hydroxyl groups excluding tert-OH is 1. The maximum absolute atomic E-state index is 13.1. The molecule has 0 heterocycles. The smallest absolute Gasteiger partial charge is 0.465 e. The highest BCUT2D eigenvalue weighted by Gasteiger charge is 2.29. The highest BCUT2D eigenvalue weighted by Crippen LogP contribution is 2.27. The normalized spacial score (nSPS) is 11.8. The van der Waals surface area contributed by atoms with Gasteiger partial charge in [0.2, 0.25) is 0 Å². The third-order valence-corrected chi connectivity index (χ3v) is 10.4. The summed E-state index contributed by atoms with van der Waals surface area (Å²) in [6.45, 7) is 14.9. The van der Waals surface area contributed by atoms with Crippen molar-refractivity contribution >= 4 is 12.1 Å². The van der Waals surface area contributed by atoms with Gasteiger partial charge >= 0.3 is 12.1 Å². The van der Waals surface area contributed by atoms with Gasteiger partial charge in [-0.15, -0.1) is 0 Å². The van der Waals surface area contributed by atoms with Crippen LogP contribution in [0.2, 0.25) is 0 Å². The summed E-state index contributed by atoms with van der Waals surface area (Å²) in [5.74, 6) is 0.466. The average Bonchev–Trinajstić information content (AvgIpc) is 3.11. The van der Waals surface area contributed by atoms with Crippen LogP contribution in [0, 0.1) is 11.3 Å². The molecule has 0 saturated carbocycles. The van der Waals surface area contributed by atoms with Crippen LogP contribution < -0.4 is 0 Å². The minimum atomic E-state index is -0.552. The summed E-state index contributed by atoms with van der Waals surface area (Å²) in [5, 5.41) is 9.54. The maximum Gasteiger partial charge on any atom is 0.508 e. The summed E-state index contributed by atoms with van der Waals surface area (Å²) in [5.41, 5.74) is -0.447. The van der Waals surface area contributed by atoms with Gasteiger partial charge in [-0.05, 0) is 77.8 Å². The third-order valence-electron chi connectivity index (χ3n) is 10.4. The first kappa shape index (κ1) is 49.7. The zero-order valence-electron chi connectivity index (χ0n) is 34.8. The molecule has 0 amide bonds. The summed E-state index contributed by atoms with van der Waals surface area (Å²) in [4.78, 5) is 27.3. The van der Waals surface area contributed by atoms with E-state index in [0.29, 0.717) is 32.3 Å². The molecule has 0 unspecified atom stereocenters. The van der Waals surface area contributed by atoms with Crippen LogP contribution >= 0.6 is 0 Å². The van der Waals surface area contributed by atoms with Gasteiger partial charge in [0, 0.05) is 6.54 Å². The minimum absolute atomic E-state index is 0.0327. The molecule has 0 aromatic heterocycles. The highest BCUT2D eigenvalue weighted by molar-refractivity contribution is 5.75. The fraction of sp³-hybridized carbons (Fsp3) is 0.955. The SMILES string of the molecule is CCCCCCCCCCCOC(=O)OCCCCN(CCO)CCCCCCC(C)(C)C(=O)OCC(CCCCCCC)CCCCCCC. The monoisotopic (exact) mass is 726 g/mol. The number of carbonyl (C=O) groups excluding carboxylic acids is 2. The van der Waals surface area contributed by atoms with Crippen molar-refractivity contribution in [3.8, 4) is 0 Å². The molecular weight excluding hydrogens is 638 g/mol. The Labute approximate surface area is 317 Å². The Morgan fingerprint density at radius 3 is 1.45 bits per heavy atom. The van der Waals surface area contributed by atoms with Gasteiger partial charge in [0.05, 0.1) is 31.8 Å². The lowest BCUT2D eigenvalue weighted by Gasteiger charge is -2.25. The van der Waals surface area contributed by atoms with E-state index < -0.39 is 11.6 Å². The second-order valence-corrected chi connectivity index (χ2v) is 16.0. The Bertz CT molecular complexity index is 746. The predicted molar refractivity (Wildman–Crippen MR) is 215 cm³/mol. The zero-order chi connectivity index (χ0) is 37.7. The molecule has 51 heavy (non-hydrogen) atoms. The van der Waals surface area contributed by atoms with Gasteiger partial charge in [0.25, 0.3) is 0 Å². The molecule has 0 aromatic carbocycles. The molecule has 7 nitrogen and oxygen atoms in total. The number of hydrogen-bond acceptors (Lipinski definition) is 7. The van der Waals surface area contributed by atoms with Gasteiger partial charge in [0.15, 0.2) is 0 Å². The van der Waals surface area contributed by atoms with E-state index in [0.717, 1.165) is 70.9 Å². The Balaban J connectivity index is 4.11. The van der Waals surface area contributed by atoms with Crippen LogP contribution in [0.3, 0.4) is 0 Å². The van der Waals surface area contributed by atoms with Gasteiger partial charge < -0.3 is 24.2 Å². The molecule has 0 aliphatic heterocycles. The minimum Gasteiger partial charge on any atom is -0.465 e. The van der Waals surface area contributed by atoms with Gasteiger partial charge in [-0.1, -0.05) is 156 Å². The Morgan fingerprint density at radius 1 is 0.529 bits per heavy atom. The van der Waals surface area contributed by atoms with Gasteiger partial charge in [-0.25, -0.2) is 4.79 Å². The number of unbranched alkanes of at least 4 members (excludes halogenated alkanes) is 20. The van der Waals surface area contributed by atoms with E-state index in [2.05, 4.69) is 25.7 Å². The summed E-state index contributed by atoms with van der Waals surface area (Å²) < 4.78 is 16.4. The second kappa shape index (κ2) is 37.0. The second-order valence-electron chi connectivity index (χ2n) is 16.0. The van der Waals surface area contributed by atoms with Crippen molar-refractivity contribution in [2.75, 3.05) is 46.1 Å². The fourth-order valence-electron chi connectivity index (χ4n) is 6.81. The number of carbonyl (C=O) groups is 2. The molecule has 0 spiro atoms. The number of hydrogen-bond donors (Lipinski definition) is 1. The first-order chi connectivity index (χ1) is 24.8. The van der Waals surface area contributed by atoms with Crippen LogP contribution in [-0.2, 0) is 19.0 Å². The highest BCUT2D eigenvalue weighted by atomic mass is 16.7. The van der Waals surface area contributed by atoms with E-state index in [4.69, 9.17) is 14.2 Å². The van der Waals surface area contributed by atoms with E-state index >= 15 is 0 Å². The predicted octanol–water partition coefficient (Wildman–Crippen LogP) is 12.6. The number of ether oxygens (including phenoxy) is 3. The maximum atomic E-state index is 13.1. The van der Waals surface area contributed by atoms with Crippen LogP contribution in [0.5, 0.6) is 0 Å². The third kappa shape index (κ3) is 33.0. The molecule has 0 aliphatic carbocycles. The fourth-order valence-corrected chi connectivity index (χ4v) is 6.81. The Kier molecular flexibility index (Phi) is 36.0. The summed E-state index contributed by atoms with van der Waals surface area (Å²) in [7, 11) is 0. The molecule has 7 heteroatoms. The first-order valence-corrected chi connectivity index (χ1v) is 22.1. The van der Waals surface area contributed by atoms with Crippen LogP contribution in [0.4, 0.5) is 4.79 Å². The number of rotatable bonds is 39. The van der Waals surface area contributed by atoms with Crippen LogP contribution in [0.25, 0.3) is 0 Å². The molecule has 0 atom stereocenters. The molecule has 0 aliphatic rings. The van der Waals surface area contributed by atoms with Gasteiger partial charge in [-0.3, -0.25) is 4.79 Å². The summed E-state index contributed by atoms with van der Waals surface area (Å²) >= 11 is 0. The number of esters is 1. The van der Waals surface area contributed by atoms with Crippen molar-refractivity contribution in [3.05, 3.63) is 0 Å². The van der Waals surface area contributed by atoms with E-state index in [-0.39, 0.29) is 12.6 Å². The summed E-state index contributed by atoms with van der Waals surface area (Å²) in [6.07, 6.45) is 32.7. The first-order valence-electron chi connectivity index (χ1n) is 22.1. The van der Waals surface area contributed by atoms with E-state index in [1.54, 1.807) is 0 Å². The average molecular weight is 726 g/mol. The quantitative estimate of drug-likeness (QED) is 0.0499. The lowest BCUT2D eigenvalue weighted by molar-refractivity contribution is -0.156. The van der Waals surface area contributed by atoms with Crippen molar-refractivity contribution in [2.45, 2.75) is 214 Å². The van der Waals surface area contributed by atoms with Crippen molar-refractivity contribution < 1.29 is 28.9 Å². The standard InChI is InChI=1S/C44H87NO6/c1-6-9-12-15-16-17-18-23-29-38-49-43(48)50-39-30-28-35-45(36-37-46)34-27-22-21-26-33-44(4,5)42(47)51-40-41(31-24-19-13-10-7-2)32-25-20-14-11-8-3/h41,46H,6-40H2,1-5H3. The van der Waals surface area contributed by atoms with Crippen molar-refractivity contribution in [2.24, 2.45) is 11.3 Å². The molecule has 1 N–H and O–H groups in total. The Hall–Kier alpha value is -1.34. The van der Waals surface area contributed by atoms with E-state index in [1.165, 1.54) is 122 Å². The summed E-state index contributed by atoms with van der Waals surface area (Å²) in [6, 6.07) is 0. The van der Waals surface area contributed by atoms with Gasteiger partial charge in [-0.2, -0.15) is 0 Å². The zero-order valence-corrected chi connectivity index (χ0v) is 34.8. The van der Waals surface area contributed by atoms with Crippen LogP contribution in [-0.4, -0.2) is 68.2 Å². The molecule has 304 valence electrons. The Morgan fingerprint density at radius 2 is 0.941 bits per heavy atom. The van der Waals surface area contributed by atoms with Crippen molar-refractivity contribution in [3.63, 3.8) is 0 Å². The lowest BCUT2D eigenvalue weighted by atomic mass is 9.86. The molecule has 0 radical (unpaired) electrons. The lowest BCUT2D eigenvalue weighted by Crippen LogP contribution is -2.29. The largest absolute Gasteiger partial charge is 0.508 e. The molecule has 0 fully saturated rings. The van der Waals surface area contributed by atoms with Crippen LogP contribution in [0.15, 0.2) is 0 Å².